The molecule has 6 nitrogen and oxygen atoms in total. The maximum absolute atomic E-state index is 12.7. The summed E-state index contributed by atoms with van der Waals surface area (Å²) in [6.07, 6.45) is 1.73. The summed E-state index contributed by atoms with van der Waals surface area (Å²) >= 11 is 1.54. The van der Waals surface area contributed by atoms with Crippen LogP contribution in [0.15, 0.2) is 93.4 Å². The Bertz CT molecular complexity index is 1500. The second-order valence-corrected chi connectivity index (χ2v) is 8.91. The lowest BCUT2D eigenvalue weighted by Crippen LogP contribution is -2.06. The number of aryl methyl sites for hydroxylation is 1. The molecule has 0 saturated carbocycles. The average Bonchev–Trinajstić information content (AvgIpc) is 3.25. The standard InChI is InChI=1S/C28H22N2O4S/c1-17-8-7-9-18-14-20(27(30-25(17)18)35-21-10-5-4-6-11-21)15-22-28(31)34-26(29-22)19-12-13-23(32-2)24(16-19)33-3/h4-16H,1-3H3/b22-15+. The summed E-state index contributed by atoms with van der Waals surface area (Å²) in [5, 5.41) is 1.78. The Hall–Kier alpha value is -4.10. The van der Waals surface area contributed by atoms with E-state index in [9.17, 15) is 4.79 Å². The molecule has 35 heavy (non-hydrogen) atoms. The van der Waals surface area contributed by atoms with Crippen molar-refractivity contribution in [3.05, 3.63) is 95.2 Å². The van der Waals surface area contributed by atoms with E-state index >= 15 is 0 Å². The minimum atomic E-state index is -0.519. The number of nitrogens with zero attached hydrogens (tertiary/aromatic N) is 2. The fraction of sp³-hybridized carbons (Fsp3) is 0.107. The van der Waals surface area contributed by atoms with Gasteiger partial charge in [0.25, 0.3) is 0 Å². The first-order valence-electron chi connectivity index (χ1n) is 10.9. The van der Waals surface area contributed by atoms with Gasteiger partial charge in [-0.2, -0.15) is 0 Å². The maximum Gasteiger partial charge on any atom is 0.363 e. The van der Waals surface area contributed by atoms with Crippen LogP contribution >= 0.6 is 11.8 Å². The quantitative estimate of drug-likeness (QED) is 0.246. The van der Waals surface area contributed by atoms with E-state index < -0.39 is 5.97 Å². The highest BCUT2D eigenvalue weighted by atomic mass is 32.2. The van der Waals surface area contributed by atoms with Gasteiger partial charge in [-0.3, -0.25) is 0 Å². The van der Waals surface area contributed by atoms with Gasteiger partial charge >= 0.3 is 5.97 Å². The topological polar surface area (TPSA) is 70.0 Å². The number of methoxy groups -OCH3 is 2. The molecule has 0 fully saturated rings. The second kappa shape index (κ2) is 9.64. The van der Waals surface area contributed by atoms with Crippen LogP contribution in [0.1, 0.15) is 16.7 Å². The monoisotopic (exact) mass is 482 g/mol. The number of carbonyl (C=O) groups is 1. The fourth-order valence-electron chi connectivity index (χ4n) is 3.78. The number of benzene rings is 3. The predicted molar refractivity (Wildman–Crippen MR) is 137 cm³/mol. The molecule has 0 atom stereocenters. The molecule has 4 aromatic rings. The van der Waals surface area contributed by atoms with Crippen LogP contribution in [0.5, 0.6) is 11.5 Å². The van der Waals surface area contributed by atoms with Gasteiger partial charge in [0, 0.05) is 21.4 Å². The van der Waals surface area contributed by atoms with Gasteiger partial charge in [-0.05, 0) is 55.0 Å². The van der Waals surface area contributed by atoms with Gasteiger partial charge in [0.05, 0.1) is 19.7 Å². The molecule has 0 bridgehead atoms. The van der Waals surface area contributed by atoms with Gasteiger partial charge in [-0.15, -0.1) is 0 Å². The van der Waals surface area contributed by atoms with Crippen molar-refractivity contribution in [1.29, 1.82) is 0 Å². The summed E-state index contributed by atoms with van der Waals surface area (Å²) in [6, 6.07) is 23.3. The first kappa shape index (κ1) is 22.7. The van der Waals surface area contributed by atoms with E-state index in [1.54, 1.807) is 50.3 Å². The molecule has 0 saturated heterocycles. The summed E-state index contributed by atoms with van der Waals surface area (Å²) < 4.78 is 16.1. The highest BCUT2D eigenvalue weighted by Crippen LogP contribution is 2.34. The van der Waals surface area contributed by atoms with Gasteiger partial charge < -0.3 is 14.2 Å². The molecule has 7 heteroatoms. The number of aliphatic imine (C=N–C) groups is 1. The number of hydrogen-bond donors (Lipinski definition) is 0. The van der Waals surface area contributed by atoms with Crippen LogP contribution in [-0.2, 0) is 9.53 Å². The van der Waals surface area contributed by atoms with E-state index in [-0.39, 0.29) is 11.6 Å². The first-order chi connectivity index (χ1) is 17.1. The Labute approximate surface area is 207 Å². The highest BCUT2D eigenvalue weighted by molar-refractivity contribution is 7.99. The number of carbonyl (C=O) groups excluding carboxylic acids is 1. The second-order valence-electron chi connectivity index (χ2n) is 7.85. The lowest BCUT2D eigenvalue weighted by molar-refractivity contribution is -0.129. The van der Waals surface area contributed by atoms with E-state index in [4.69, 9.17) is 19.2 Å². The Morgan fingerprint density at radius 1 is 0.914 bits per heavy atom. The van der Waals surface area contributed by atoms with Crippen LogP contribution in [0.25, 0.3) is 17.0 Å². The molecule has 0 radical (unpaired) electrons. The largest absolute Gasteiger partial charge is 0.493 e. The summed E-state index contributed by atoms with van der Waals surface area (Å²) in [5.74, 6) is 0.799. The molecule has 1 aliphatic heterocycles. The Balaban J connectivity index is 1.58. The SMILES string of the molecule is COc1ccc(C2=N/C(=C/c3cc4cccc(C)c4nc3Sc3ccccc3)C(=O)O2)cc1OC. The Morgan fingerprint density at radius 2 is 1.71 bits per heavy atom. The number of rotatable bonds is 6. The van der Waals surface area contributed by atoms with Gasteiger partial charge in [-0.25, -0.2) is 14.8 Å². The fourth-order valence-corrected chi connectivity index (χ4v) is 4.67. The predicted octanol–water partition coefficient (Wildman–Crippen LogP) is 6.06. The zero-order valence-corrected chi connectivity index (χ0v) is 20.3. The minimum Gasteiger partial charge on any atom is -0.493 e. The van der Waals surface area contributed by atoms with Crippen molar-refractivity contribution in [1.82, 2.24) is 4.98 Å². The van der Waals surface area contributed by atoms with Crippen molar-refractivity contribution >= 4 is 40.6 Å². The zero-order valence-electron chi connectivity index (χ0n) is 19.4. The first-order valence-corrected chi connectivity index (χ1v) is 11.8. The smallest absolute Gasteiger partial charge is 0.363 e. The molecule has 1 aliphatic rings. The molecule has 0 aliphatic carbocycles. The summed E-state index contributed by atoms with van der Waals surface area (Å²) in [4.78, 5) is 23.2. The van der Waals surface area contributed by atoms with Crippen LogP contribution in [0.4, 0.5) is 0 Å². The molecular weight excluding hydrogens is 460 g/mol. The van der Waals surface area contributed by atoms with Crippen molar-refractivity contribution in [2.45, 2.75) is 16.8 Å². The zero-order chi connectivity index (χ0) is 24.4. The van der Waals surface area contributed by atoms with Crippen molar-refractivity contribution in [2.24, 2.45) is 4.99 Å². The molecule has 3 aromatic carbocycles. The molecule has 174 valence electrons. The summed E-state index contributed by atoms with van der Waals surface area (Å²) in [6.45, 7) is 2.04. The number of hydrogen-bond acceptors (Lipinski definition) is 7. The van der Waals surface area contributed by atoms with E-state index in [0.29, 0.717) is 17.1 Å². The maximum atomic E-state index is 12.7. The third-order valence-electron chi connectivity index (χ3n) is 5.54. The number of ether oxygens (including phenoxy) is 3. The molecule has 0 amide bonds. The summed E-state index contributed by atoms with van der Waals surface area (Å²) in [5.41, 5.74) is 3.63. The van der Waals surface area contributed by atoms with Gasteiger partial charge in [-0.1, -0.05) is 48.2 Å². The van der Waals surface area contributed by atoms with Crippen LogP contribution in [0, 0.1) is 6.92 Å². The minimum absolute atomic E-state index is 0.207. The Morgan fingerprint density at radius 3 is 2.49 bits per heavy atom. The van der Waals surface area contributed by atoms with E-state index in [1.165, 1.54) is 0 Å². The number of cyclic esters (lactones) is 1. The third kappa shape index (κ3) is 4.63. The number of pyridine rings is 1. The number of fused-ring (bicyclic) bond motifs is 1. The van der Waals surface area contributed by atoms with Gasteiger partial charge in [0.15, 0.2) is 17.2 Å². The number of aromatic nitrogens is 1. The summed E-state index contributed by atoms with van der Waals surface area (Å²) in [7, 11) is 3.12. The highest BCUT2D eigenvalue weighted by Gasteiger charge is 2.25. The van der Waals surface area contributed by atoms with Crippen LogP contribution in [0.3, 0.4) is 0 Å². The molecule has 0 spiro atoms. The van der Waals surface area contributed by atoms with Crippen molar-refractivity contribution < 1.29 is 19.0 Å². The average molecular weight is 483 g/mol. The van der Waals surface area contributed by atoms with Crippen molar-refractivity contribution in [3.63, 3.8) is 0 Å². The molecule has 2 heterocycles. The molecule has 0 N–H and O–H groups in total. The lowest BCUT2D eigenvalue weighted by Gasteiger charge is -2.09. The molecular formula is C28H22N2O4S. The van der Waals surface area contributed by atoms with E-state index in [2.05, 4.69) is 4.99 Å². The normalized spacial score (nSPS) is 14.2. The lowest BCUT2D eigenvalue weighted by atomic mass is 10.1. The molecule has 5 rings (SSSR count). The number of esters is 1. The molecule has 0 unspecified atom stereocenters. The van der Waals surface area contributed by atoms with Crippen LogP contribution in [-0.4, -0.2) is 31.1 Å². The Kier molecular flexibility index (Phi) is 6.25. The third-order valence-corrected chi connectivity index (χ3v) is 6.57. The van der Waals surface area contributed by atoms with Crippen molar-refractivity contribution in [2.75, 3.05) is 14.2 Å². The van der Waals surface area contributed by atoms with Crippen LogP contribution < -0.4 is 9.47 Å². The van der Waals surface area contributed by atoms with Gasteiger partial charge in [0.2, 0.25) is 5.90 Å². The number of para-hydroxylation sites is 1. The van der Waals surface area contributed by atoms with Gasteiger partial charge in [0.1, 0.15) is 5.03 Å². The molecule has 1 aromatic heterocycles. The van der Waals surface area contributed by atoms with Crippen LogP contribution in [0.2, 0.25) is 0 Å². The van der Waals surface area contributed by atoms with E-state index in [1.807, 2.05) is 61.5 Å². The van der Waals surface area contributed by atoms with Crippen molar-refractivity contribution in [3.8, 4) is 11.5 Å². The van der Waals surface area contributed by atoms with E-state index in [0.717, 1.165) is 32.0 Å².